The number of methoxy groups -OCH3 is 1. The molecular weight excluding hydrogens is 371 g/mol. The van der Waals surface area contributed by atoms with Gasteiger partial charge in [-0.2, -0.15) is 5.10 Å². The van der Waals surface area contributed by atoms with Crippen LogP contribution in [0.3, 0.4) is 0 Å². The Bertz CT molecular complexity index is 773. The molecule has 0 saturated carbocycles. The van der Waals surface area contributed by atoms with Crippen LogP contribution in [0.1, 0.15) is 37.1 Å². The standard InChI is InChI=1S/C19H25FN4O2.ClH/c1-13(23-18(25)19(26-3)8-10-21-11-9-19)17-12-22-24(14(17)2)16-6-4-15(20)5-7-16;/h4-7,12-13,21H,8-11H2,1-3H3,(H,23,25);1H. The number of rotatable bonds is 5. The van der Waals surface area contributed by atoms with E-state index in [1.165, 1.54) is 12.1 Å². The van der Waals surface area contributed by atoms with E-state index in [4.69, 9.17) is 4.74 Å². The molecule has 0 radical (unpaired) electrons. The smallest absolute Gasteiger partial charge is 0.252 e. The molecule has 3 rings (SSSR count). The number of piperidine rings is 1. The average Bonchev–Trinajstić information content (AvgIpc) is 3.04. The van der Waals surface area contributed by atoms with Gasteiger partial charge in [0.2, 0.25) is 0 Å². The van der Waals surface area contributed by atoms with Crippen molar-refractivity contribution >= 4 is 18.3 Å². The largest absolute Gasteiger partial charge is 0.368 e. The van der Waals surface area contributed by atoms with Crippen molar-refractivity contribution in [1.82, 2.24) is 20.4 Å². The SMILES string of the molecule is COC1(C(=O)NC(C)c2cnn(-c3ccc(F)cc3)c2C)CCNCC1.Cl. The monoisotopic (exact) mass is 396 g/mol. The van der Waals surface area contributed by atoms with Gasteiger partial charge in [0, 0.05) is 18.4 Å². The molecule has 2 heterocycles. The molecule has 1 unspecified atom stereocenters. The van der Waals surface area contributed by atoms with E-state index in [1.807, 2.05) is 13.8 Å². The van der Waals surface area contributed by atoms with Gasteiger partial charge in [-0.1, -0.05) is 0 Å². The topological polar surface area (TPSA) is 68.2 Å². The number of benzene rings is 1. The van der Waals surface area contributed by atoms with E-state index in [9.17, 15) is 9.18 Å². The minimum absolute atomic E-state index is 0. The normalized spacial score (nSPS) is 17.0. The lowest BCUT2D eigenvalue weighted by atomic mass is 9.90. The van der Waals surface area contributed by atoms with E-state index in [0.29, 0.717) is 12.8 Å². The van der Waals surface area contributed by atoms with Crippen LogP contribution in [0, 0.1) is 12.7 Å². The van der Waals surface area contributed by atoms with E-state index in [1.54, 1.807) is 30.1 Å². The molecule has 2 N–H and O–H groups in total. The first kappa shape index (κ1) is 21.3. The molecule has 8 heteroatoms. The number of hydrogen-bond acceptors (Lipinski definition) is 4. The molecule has 1 aromatic heterocycles. The van der Waals surface area contributed by atoms with E-state index < -0.39 is 5.60 Å². The Hall–Kier alpha value is -1.96. The number of carbonyl (C=O) groups is 1. The Morgan fingerprint density at radius 2 is 1.96 bits per heavy atom. The van der Waals surface area contributed by atoms with Gasteiger partial charge < -0.3 is 15.4 Å². The number of amides is 1. The molecule has 0 bridgehead atoms. The highest BCUT2D eigenvalue weighted by Gasteiger charge is 2.40. The third-order valence-electron chi connectivity index (χ3n) is 5.15. The highest BCUT2D eigenvalue weighted by Crippen LogP contribution is 2.25. The third kappa shape index (κ3) is 4.31. The summed E-state index contributed by atoms with van der Waals surface area (Å²) in [7, 11) is 1.59. The summed E-state index contributed by atoms with van der Waals surface area (Å²) in [5, 5.41) is 10.7. The van der Waals surface area contributed by atoms with Crippen molar-refractivity contribution < 1.29 is 13.9 Å². The van der Waals surface area contributed by atoms with Crippen molar-refractivity contribution in [3.63, 3.8) is 0 Å². The summed E-state index contributed by atoms with van der Waals surface area (Å²) >= 11 is 0. The predicted octanol–water partition coefficient (Wildman–Crippen LogP) is 2.69. The van der Waals surface area contributed by atoms with Gasteiger partial charge in [-0.3, -0.25) is 4.79 Å². The fraction of sp³-hybridized carbons (Fsp3) is 0.474. The summed E-state index contributed by atoms with van der Waals surface area (Å²) in [6.07, 6.45) is 3.04. The number of hydrogen-bond donors (Lipinski definition) is 2. The molecular formula is C19H26ClFN4O2. The fourth-order valence-electron chi connectivity index (χ4n) is 3.45. The maximum absolute atomic E-state index is 13.1. The third-order valence-corrected chi connectivity index (χ3v) is 5.15. The molecule has 1 fully saturated rings. The lowest BCUT2D eigenvalue weighted by molar-refractivity contribution is -0.147. The predicted molar refractivity (Wildman–Crippen MR) is 104 cm³/mol. The summed E-state index contributed by atoms with van der Waals surface area (Å²) in [4.78, 5) is 12.8. The van der Waals surface area contributed by atoms with Gasteiger partial charge >= 0.3 is 0 Å². The van der Waals surface area contributed by atoms with Crippen LogP contribution in [0.5, 0.6) is 0 Å². The van der Waals surface area contributed by atoms with Crippen LogP contribution in [0.4, 0.5) is 4.39 Å². The molecule has 0 spiro atoms. The summed E-state index contributed by atoms with van der Waals surface area (Å²) in [6.45, 7) is 5.39. The summed E-state index contributed by atoms with van der Waals surface area (Å²) < 4.78 is 20.5. The second-order valence-electron chi connectivity index (χ2n) is 6.72. The van der Waals surface area contributed by atoms with Gasteiger partial charge in [-0.05, 0) is 64.0 Å². The lowest BCUT2D eigenvalue weighted by Crippen LogP contribution is -2.54. The first-order chi connectivity index (χ1) is 12.5. The van der Waals surface area contributed by atoms with E-state index in [-0.39, 0.29) is 30.2 Å². The minimum Gasteiger partial charge on any atom is -0.368 e. The zero-order valence-electron chi connectivity index (χ0n) is 15.8. The van der Waals surface area contributed by atoms with Crippen LogP contribution in [-0.2, 0) is 9.53 Å². The molecule has 1 aliphatic heterocycles. The molecule has 6 nitrogen and oxygen atoms in total. The van der Waals surface area contributed by atoms with Crippen LogP contribution in [0.15, 0.2) is 30.5 Å². The zero-order valence-corrected chi connectivity index (χ0v) is 16.6. The van der Waals surface area contributed by atoms with Crippen LogP contribution in [-0.4, -0.2) is 41.5 Å². The highest BCUT2D eigenvalue weighted by molar-refractivity contribution is 5.86. The van der Waals surface area contributed by atoms with Crippen LogP contribution >= 0.6 is 12.4 Å². The number of ether oxygens (including phenoxy) is 1. The van der Waals surface area contributed by atoms with Gasteiger partial charge in [0.05, 0.1) is 17.9 Å². The van der Waals surface area contributed by atoms with Crippen molar-refractivity contribution in [2.24, 2.45) is 0 Å². The number of aromatic nitrogens is 2. The Kier molecular flexibility index (Phi) is 6.97. The molecule has 1 amide bonds. The number of nitrogens with one attached hydrogen (secondary N) is 2. The molecule has 148 valence electrons. The Balaban J connectivity index is 0.00000261. The van der Waals surface area contributed by atoms with Crippen molar-refractivity contribution in [2.45, 2.75) is 38.3 Å². The van der Waals surface area contributed by atoms with Crippen molar-refractivity contribution in [3.8, 4) is 5.69 Å². The van der Waals surface area contributed by atoms with Crippen LogP contribution in [0.25, 0.3) is 5.69 Å². The maximum Gasteiger partial charge on any atom is 0.252 e. The molecule has 1 aliphatic rings. The molecule has 2 aromatic rings. The first-order valence-corrected chi connectivity index (χ1v) is 8.84. The van der Waals surface area contributed by atoms with Crippen molar-refractivity contribution in [2.75, 3.05) is 20.2 Å². The lowest BCUT2D eigenvalue weighted by Gasteiger charge is -2.35. The quantitative estimate of drug-likeness (QED) is 0.815. The molecule has 1 aromatic carbocycles. The van der Waals surface area contributed by atoms with Crippen LogP contribution in [0.2, 0.25) is 0 Å². The Morgan fingerprint density at radius 3 is 2.56 bits per heavy atom. The second-order valence-corrected chi connectivity index (χ2v) is 6.72. The van der Waals surface area contributed by atoms with E-state index in [2.05, 4.69) is 15.7 Å². The molecule has 27 heavy (non-hydrogen) atoms. The zero-order chi connectivity index (χ0) is 18.7. The highest BCUT2D eigenvalue weighted by atomic mass is 35.5. The van der Waals surface area contributed by atoms with Crippen molar-refractivity contribution in [3.05, 3.63) is 47.5 Å². The van der Waals surface area contributed by atoms with Gasteiger partial charge in [-0.15, -0.1) is 12.4 Å². The second kappa shape index (κ2) is 8.82. The Morgan fingerprint density at radius 1 is 1.33 bits per heavy atom. The summed E-state index contributed by atoms with van der Waals surface area (Å²) in [5.74, 6) is -0.380. The van der Waals surface area contributed by atoms with E-state index in [0.717, 1.165) is 30.0 Å². The fourth-order valence-corrected chi connectivity index (χ4v) is 3.45. The molecule has 1 atom stereocenters. The Labute approximate surface area is 164 Å². The van der Waals surface area contributed by atoms with Gasteiger partial charge in [0.1, 0.15) is 11.4 Å². The van der Waals surface area contributed by atoms with Gasteiger partial charge in [0.25, 0.3) is 5.91 Å². The summed E-state index contributed by atoms with van der Waals surface area (Å²) in [5.41, 5.74) is 1.82. The van der Waals surface area contributed by atoms with Gasteiger partial charge in [0.15, 0.2) is 0 Å². The van der Waals surface area contributed by atoms with Gasteiger partial charge in [-0.25, -0.2) is 9.07 Å². The van der Waals surface area contributed by atoms with Crippen molar-refractivity contribution in [1.29, 1.82) is 0 Å². The maximum atomic E-state index is 13.1. The number of carbonyl (C=O) groups excluding carboxylic acids is 1. The van der Waals surface area contributed by atoms with Crippen LogP contribution < -0.4 is 10.6 Å². The number of nitrogens with zero attached hydrogens (tertiary/aromatic N) is 2. The van der Waals surface area contributed by atoms with E-state index >= 15 is 0 Å². The molecule has 1 saturated heterocycles. The molecule has 0 aliphatic carbocycles. The minimum atomic E-state index is -0.777. The summed E-state index contributed by atoms with van der Waals surface area (Å²) in [6, 6.07) is 5.95. The first-order valence-electron chi connectivity index (χ1n) is 8.84. The number of halogens is 2. The average molecular weight is 397 g/mol.